The predicted molar refractivity (Wildman–Crippen MR) is 156 cm³/mol. The van der Waals surface area contributed by atoms with Gasteiger partial charge in [-0.25, -0.2) is 4.79 Å². The Morgan fingerprint density at radius 3 is 2.13 bits per heavy atom. The number of rotatable bonds is 4. The quantitative estimate of drug-likeness (QED) is 0.272. The zero-order valence-corrected chi connectivity index (χ0v) is 24.2. The Balaban J connectivity index is 1.66. The fourth-order valence-electron chi connectivity index (χ4n) is 5.89. The highest BCUT2D eigenvalue weighted by molar-refractivity contribution is 7.00. The molecule has 5 rings (SSSR count). The van der Waals surface area contributed by atoms with Gasteiger partial charge in [0.1, 0.15) is 11.3 Å². The van der Waals surface area contributed by atoms with Gasteiger partial charge >= 0.3 is 14.3 Å². The van der Waals surface area contributed by atoms with Gasteiger partial charge in [0.2, 0.25) is 0 Å². The molecule has 39 heavy (non-hydrogen) atoms. The Kier molecular flexibility index (Phi) is 7.81. The van der Waals surface area contributed by atoms with Gasteiger partial charge in [-0.05, 0) is 45.8 Å². The second-order valence-electron chi connectivity index (χ2n) is 11.7. The van der Waals surface area contributed by atoms with Gasteiger partial charge in [-0.3, -0.25) is 0 Å². The summed E-state index contributed by atoms with van der Waals surface area (Å²) in [6, 6.07) is 26.5. The average Bonchev–Trinajstić information content (AvgIpc) is 3.29. The predicted octanol–water partition coefficient (Wildman–Crippen LogP) is 5.40. The number of aliphatic hydroxyl groups is 1. The number of carbonyl (C=O) groups is 1. The van der Waals surface area contributed by atoms with Crippen molar-refractivity contribution in [1.82, 2.24) is 0 Å². The van der Waals surface area contributed by atoms with Crippen LogP contribution in [0.4, 0.5) is 0 Å². The largest absolute Gasteiger partial charge is 0.533 e. The standard InChI is InChI=1S/C33H38O5Si/c1-23-14-11-12-15-24-16-13-21-27(30(24)32(35)37-29-22-28(23)36-31(29)34)38-39(33(2,3)4,25-17-7-5-8-18-25)26-19-9-6-10-20-26/h5-13,16-21,23,28-29,31,34H,14-15,22H2,1-4H3/b12-11-/t23-,28-,29-,31+/m1/s1. The van der Waals surface area contributed by atoms with Gasteiger partial charge in [-0.15, -0.1) is 0 Å². The normalized spacial score (nSPS) is 24.6. The molecule has 0 aliphatic carbocycles. The van der Waals surface area contributed by atoms with Crippen molar-refractivity contribution in [3.05, 3.63) is 102 Å². The maximum Gasteiger partial charge on any atom is 0.342 e. The molecule has 2 aliphatic rings. The molecular formula is C33H38O5Si. The molecule has 4 atom stereocenters. The third-order valence-electron chi connectivity index (χ3n) is 8.00. The summed E-state index contributed by atoms with van der Waals surface area (Å²) < 4.78 is 19.0. The van der Waals surface area contributed by atoms with Gasteiger partial charge < -0.3 is 19.0 Å². The molecule has 0 spiro atoms. The lowest BCUT2D eigenvalue weighted by molar-refractivity contribution is -0.136. The SMILES string of the molecule is C[C@@H]1C/C=C\Cc2cccc(O[Si](c3ccccc3)(c3ccccc3)C(C)(C)C)c2C(=O)O[C@@H]2C[C@H]1O[C@@H]2O. The van der Waals surface area contributed by atoms with Gasteiger partial charge in [0.25, 0.3) is 0 Å². The number of hydrogen-bond donors (Lipinski definition) is 1. The fraction of sp³-hybridized carbons (Fsp3) is 0.364. The van der Waals surface area contributed by atoms with Gasteiger partial charge in [-0.1, -0.05) is 113 Å². The van der Waals surface area contributed by atoms with Crippen LogP contribution in [0, 0.1) is 5.92 Å². The van der Waals surface area contributed by atoms with E-state index in [1.54, 1.807) is 0 Å². The number of hydrogen-bond acceptors (Lipinski definition) is 5. The highest BCUT2D eigenvalue weighted by Crippen LogP contribution is 2.40. The maximum absolute atomic E-state index is 13.9. The molecule has 0 amide bonds. The first-order valence-corrected chi connectivity index (χ1v) is 15.7. The van der Waals surface area contributed by atoms with E-state index in [1.807, 2.05) is 54.6 Å². The number of ether oxygens (including phenoxy) is 2. The third kappa shape index (κ3) is 5.33. The van der Waals surface area contributed by atoms with Crippen LogP contribution in [-0.2, 0) is 15.9 Å². The van der Waals surface area contributed by atoms with E-state index in [0.717, 1.165) is 22.4 Å². The van der Waals surface area contributed by atoms with Crippen LogP contribution in [-0.4, -0.2) is 37.9 Å². The van der Waals surface area contributed by atoms with Crippen LogP contribution in [0.1, 0.15) is 56.5 Å². The molecule has 0 radical (unpaired) electrons. The highest BCUT2D eigenvalue weighted by Gasteiger charge is 2.52. The first kappa shape index (κ1) is 27.4. The Hall–Kier alpha value is -3.19. The van der Waals surface area contributed by atoms with Crippen LogP contribution in [0.25, 0.3) is 0 Å². The van der Waals surface area contributed by atoms with Gasteiger partial charge in [0.15, 0.2) is 12.4 Å². The van der Waals surface area contributed by atoms with E-state index in [9.17, 15) is 9.90 Å². The van der Waals surface area contributed by atoms with Crippen molar-refractivity contribution in [3.63, 3.8) is 0 Å². The van der Waals surface area contributed by atoms with E-state index >= 15 is 0 Å². The topological polar surface area (TPSA) is 65.0 Å². The van der Waals surface area contributed by atoms with Crippen molar-refractivity contribution in [1.29, 1.82) is 0 Å². The number of benzene rings is 3. The van der Waals surface area contributed by atoms with Crippen LogP contribution in [0.5, 0.6) is 5.75 Å². The van der Waals surface area contributed by atoms with E-state index in [4.69, 9.17) is 13.9 Å². The monoisotopic (exact) mass is 542 g/mol. The summed E-state index contributed by atoms with van der Waals surface area (Å²) in [5, 5.41) is 12.6. The zero-order chi connectivity index (χ0) is 27.6. The minimum absolute atomic E-state index is 0.162. The second kappa shape index (κ2) is 11.1. The summed E-state index contributed by atoms with van der Waals surface area (Å²) >= 11 is 0. The first-order chi connectivity index (χ1) is 18.7. The lowest BCUT2D eigenvalue weighted by Gasteiger charge is -2.43. The van der Waals surface area contributed by atoms with Gasteiger partial charge in [0, 0.05) is 6.42 Å². The minimum Gasteiger partial charge on any atom is -0.533 e. The number of fused-ring (bicyclic) bond motifs is 3. The van der Waals surface area contributed by atoms with Crippen LogP contribution in [0.2, 0.25) is 5.04 Å². The highest BCUT2D eigenvalue weighted by atomic mass is 28.4. The summed E-state index contributed by atoms with van der Waals surface area (Å²) in [6.07, 6.45) is 4.08. The van der Waals surface area contributed by atoms with E-state index in [0.29, 0.717) is 24.2 Å². The minimum atomic E-state index is -2.99. The molecule has 6 heteroatoms. The molecule has 1 saturated heterocycles. The Labute approximate surface area is 232 Å². The molecule has 0 aromatic heterocycles. The average molecular weight is 543 g/mol. The molecule has 2 aliphatic heterocycles. The van der Waals surface area contributed by atoms with Crippen LogP contribution in [0.3, 0.4) is 0 Å². The summed E-state index contributed by atoms with van der Waals surface area (Å²) in [7, 11) is -2.99. The van der Waals surface area contributed by atoms with Crippen molar-refractivity contribution in [3.8, 4) is 5.75 Å². The summed E-state index contributed by atoms with van der Waals surface area (Å²) in [5.41, 5.74) is 1.25. The summed E-state index contributed by atoms with van der Waals surface area (Å²) in [6.45, 7) is 8.73. The molecule has 204 valence electrons. The smallest absolute Gasteiger partial charge is 0.342 e. The van der Waals surface area contributed by atoms with Crippen molar-refractivity contribution in [2.24, 2.45) is 5.92 Å². The molecule has 1 fully saturated rings. The molecule has 2 bridgehead atoms. The van der Waals surface area contributed by atoms with Crippen LogP contribution >= 0.6 is 0 Å². The molecule has 3 aromatic rings. The Morgan fingerprint density at radius 1 is 0.872 bits per heavy atom. The first-order valence-electron chi connectivity index (χ1n) is 13.8. The molecular weight excluding hydrogens is 504 g/mol. The molecule has 3 aromatic carbocycles. The lowest BCUT2D eigenvalue weighted by Crippen LogP contribution is -2.69. The number of aliphatic hydroxyl groups excluding tert-OH is 1. The van der Waals surface area contributed by atoms with Crippen LogP contribution < -0.4 is 14.8 Å². The Bertz CT molecular complexity index is 1280. The van der Waals surface area contributed by atoms with E-state index in [2.05, 4.69) is 64.1 Å². The Morgan fingerprint density at radius 2 is 1.51 bits per heavy atom. The van der Waals surface area contributed by atoms with E-state index < -0.39 is 26.7 Å². The van der Waals surface area contributed by atoms with Crippen molar-refractivity contribution in [2.45, 2.75) is 70.5 Å². The molecule has 1 N–H and O–H groups in total. The number of allylic oxidation sites excluding steroid dienone is 2. The zero-order valence-electron chi connectivity index (χ0n) is 23.2. The number of carbonyl (C=O) groups excluding carboxylic acids is 1. The van der Waals surface area contributed by atoms with E-state index in [-0.39, 0.29) is 17.1 Å². The number of esters is 1. The lowest BCUT2D eigenvalue weighted by atomic mass is 9.96. The molecule has 0 saturated carbocycles. The van der Waals surface area contributed by atoms with Crippen molar-refractivity contribution in [2.75, 3.05) is 0 Å². The van der Waals surface area contributed by atoms with Gasteiger partial charge in [0.05, 0.1) is 6.10 Å². The fourth-order valence-corrected chi connectivity index (χ4v) is 10.3. The molecule has 2 heterocycles. The van der Waals surface area contributed by atoms with Crippen molar-refractivity contribution < 1.29 is 23.8 Å². The van der Waals surface area contributed by atoms with E-state index in [1.165, 1.54) is 0 Å². The molecule has 5 nitrogen and oxygen atoms in total. The summed E-state index contributed by atoms with van der Waals surface area (Å²) in [4.78, 5) is 13.9. The maximum atomic E-state index is 13.9. The van der Waals surface area contributed by atoms with Gasteiger partial charge in [-0.2, -0.15) is 0 Å². The third-order valence-corrected chi connectivity index (χ3v) is 12.9. The second-order valence-corrected chi connectivity index (χ2v) is 15.9. The summed E-state index contributed by atoms with van der Waals surface area (Å²) in [5.74, 6) is 0.229. The molecule has 0 unspecified atom stereocenters. The van der Waals surface area contributed by atoms with Crippen molar-refractivity contribution >= 4 is 24.7 Å². The van der Waals surface area contributed by atoms with Crippen LogP contribution in [0.15, 0.2) is 91.0 Å².